The molecular formula is C16H14BrClN2O. The summed E-state index contributed by atoms with van der Waals surface area (Å²) in [6.07, 6.45) is 1.83. The largest absolute Gasteiger partial charge is 0.399 e. The zero-order valence-electron chi connectivity index (χ0n) is 11.2. The third-order valence-electron chi connectivity index (χ3n) is 3.67. The summed E-state index contributed by atoms with van der Waals surface area (Å²) in [5.74, 6) is -0.118. The normalized spacial score (nSPS) is 16.6. The lowest BCUT2D eigenvalue weighted by Gasteiger charge is -2.14. The van der Waals surface area contributed by atoms with Gasteiger partial charge in [0.05, 0.1) is 6.04 Å². The predicted octanol–water partition coefficient (Wildman–Crippen LogP) is 4.10. The van der Waals surface area contributed by atoms with E-state index in [1.165, 1.54) is 5.56 Å². The summed E-state index contributed by atoms with van der Waals surface area (Å²) < 4.78 is 0.791. The molecule has 0 aliphatic heterocycles. The molecule has 0 saturated carbocycles. The Morgan fingerprint density at radius 2 is 2.10 bits per heavy atom. The third kappa shape index (κ3) is 3.06. The molecule has 21 heavy (non-hydrogen) atoms. The molecule has 0 bridgehead atoms. The van der Waals surface area contributed by atoms with E-state index in [0.29, 0.717) is 10.6 Å². The Hall–Kier alpha value is -1.52. The maximum Gasteiger partial charge on any atom is 0.251 e. The van der Waals surface area contributed by atoms with Crippen molar-refractivity contribution in [3.05, 3.63) is 62.6 Å². The molecule has 1 aliphatic carbocycles. The summed E-state index contributed by atoms with van der Waals surface area (Å²) in [6.45, 7) is 0. The molecule has 1 amide bonds. The number of aryl methyl sites for hydroxylation is 1. The highest BCUT2D eigenvalue weighted by Crippen LogP contribution is 2.32. The van der Waals surface area contributed by atoms with Crippen LogP contribution in [0.1, 0.15) is 33.9 Å². The minimum atomic E-state index is -0.118. The first-order chi connectivity index (χ1) is 10.0. The molecule has 0 spiro atoms. The Bertz CT molecular complexity index is 697. The van der Waals surface area contributed by atoms with Crippen LogP contribution < -0.4 is 11.1 Å². The zero-order chi connectivity index (χ0) is 15.0. The topological polar surface area (TPSA) is 55.1 Å². The standard InChI is InChI=1S/C16H14BrClN2O/c17-11-5-10(6-12(18)8-11)16(21)20-15-4-1-9-7-13(19)2-3-14(9)15/h2-3,5-8,15H,1,4,19H2,(H,20,21). The number of halogens is 2. The van der Waals surface area contributed by atoms with Gasteiger partial charge in [-0.1, -0.05) is 33.6 Å². The van der Waals surface area contributed by atoms with Crippen LogP contribution in [0.5, 0.6) is 0 Å². The molecule has 1 unspecified atom stereocenters. The van der Waals surface area contributed by atoms with Crippen molar-refractivity contribution >= 4 is 39.1 Å². The van der Waals surface area contributed by atoms with E-state index in [0.717, 1.165) is 28.6 Å². The van der Waals surface area contributed by atoms with E-state index in [1.807, 2.05) is 18.2 Å². The number of carbonyl (C=O) groups is 1. The van der Waals surface area contributed by atoms with Crippen LogP contribution in [0, 0.1) is 0 Å². The summed E-state index contributed by atoms with van der Waals surface area (Å²) >= 11 is 9.33. The van der Waals surface area contributed by atoms with E-state index >= 15 is 0 Å². The number of carbonyl (C=O) groups excluding carboxylic acids is 1. The van der Waals surface area contributed by atoms with Gasteiger partial charge in [-0.25, -0.2) is 0 Å². The van der Waals surface area contributed by atoms with E-state index in [2.05, 4.69) is 21.2 Å². The van der Waals surface area contributed by atoms with Crippen molar-refractivity contribution < 1.29 is 4.79 Å². The number of nitrogen functional groups attached to an aromatic ring is 1. The van der Waals surface area contributed by atoms with Gasteiger partial charge in [0.25, 0.3) is 5.91 Å². The van der Waals surface area contributed by atoms with Crippen LogP contribution in [-0.4, -0.2) is 5.91 Å². The van der Waals surface area contributed by atoms with E-state index in [1.54, 1.807) is 18.2 Å². The van der Waals surface area contributed by atoms with Gasteiger partial charge in [-0.2, -0.15) is 0 Å². The smallest absolute Gasteiger partial charge is 0.251 e. The van der Waals surface area contributed by atoms with Gasteiger partial charge >= 0.3 is 0 Å². The van der Waals surface area contributed by atoms with Gasteiger partial charge in [-0.05, 0) is 54.3 Å². The number of anilines is 1. The minimum Gasteiger partial charge on any atom is -0.399 e. The lowest BCUT2D eigenvalue weighted by Crippen LogP contribution is -2.27. The van der Waals surface area contributed by atoms with Crippen molar-refractivity contribution in [1.29, 1.82) is 0 Å². The molecule has 2 aromatic carbocycles. The Balaban J connectivity index is 1.81. The Morgan fingerprint density at radius 1 is 1.29 bits per heavy atom. The number of fused-ring (bicyclic) bond motifs is 1. The summed E-state index contributed by atoms with van der Waals surface area (Å²) in [5.41, 5.74) is 9.48. The quantitative estimate of drug-likeness (QED) is 0.787. The van der Waals surface area contributed by atoms with Crippen LogP contribution >= 0.6 is 27.5 Å². The molecule has 3 N–H and O–H groups in total. The number of hydrogen-bond acceptors (Lipinski definition) is 2. The lowest BCUT2D eigenvalue weighted by molar-refractivity contribution is 0.0936. The Kier molecular flexibility index (Phi) is 3.91. The fourth-order valence-electron chi connectivity index (χ4n) is 2.71. The molecule has 108 valence electrons. The molecule has 2 aromatic rings. The second-order valence-corrected chi connectivity index (χ2v) is 6.53. The van der Waals surface area contributed by atoms with Crippen LogP contribution in [0.15, 0.2) is 40.9 Å². The molecule has 0 saturated heterocycles. The SMILES string of the molecule is Nc1ccc2c(c1)CCC2NC(=O)c1cc(Cl)cc(Br)c1. The highest BCUT2D eigenvalue weighted by Gasteiger charge is 2.24. The summed E-state index contributed by atoms with van der Waals surface area (Å²) in [6, 6.07) is 11.1. The van der Waals surface area contributed by atoms with Crippen molar-refractivity contribution in [3.63, 3.8) is 0 Å². The van der Waals surface area contributed by atoms with Gasteiger partial charge in [0.2, 0.25) is 0 Å². The maximum atomic E-state index is 12.4. The number of amides is 1. The van der Waals surface area contributed by atoms with Gasteiger partial charge in [0.1, 0.15) is 0 Å². The fraction of sp³-hybridized carbons (Fsp3) is 0.188. The van der Waals surface area contributed by atoms with Crippen LogP contribution in [0.4, 0.5) is 5.69 Å². The highest BCUT2D eigenvalue weighted by atomic mass is 79.9. The molecular weight excluding hydrogens is 352 g/mol. The fourth-order valence-corrected chi connectivity index (χ4v) is 3.57. The van der Waals surface area contributed by atoms with E-state index in [4.69, 9.17) is 17.3 Å². The summed E-state index contributed by atoms with van der Waals surface area (Å²) in [4.78, 5) is 12.4. The number of nitrogens with two attached hydrogens (primary N) is 1. The second kappa shape index (κ2) is 5.70. The summed E-state index contributed by atoms with van der Waals surface area (Å²) in [7, 11) is 0. The lowest BCUT2D eigenvalue weighted by atomic mass is 10.1. The van der Waals surface area contributed by atoms with E-state index in [9.17, 15) is 4.79 Å². The molecule has 0 fully saturated rings. The first-order valence-corrected chi connectivity index (χ1v) is 7.85. The molecule has 0 aromatic heterocycles. The van der Waals surface area contributed by atoms with Crippen LogP contribution in [0.25, 0.3) is 0 Å². The monoisotopic (exact) mass is 364 g/mol. The van der Waals surface area contributed by atoms with Gasteiger partial charge in [0, 0.05) is 20.7 Å². The number of benzene rings is 2. The van der Waals surface area contributed by atoms with Gasteiger partial charge in [-0.15, -0.1) is 0 Å². The van der Waals surface area contributed by atoms with Crippen molar-refractivity contribution in [1.82, 2.24) is 5.32 Å². The van der Waals surface area contributed by atoms with Gasteiger partial charge < -0.3 is 11.1 Å². The first-order valence-electron chi connectivity index (χ1n) is 6.68. The Labute approximate surface area is 136 Å². The number of rotatable bonds is 2. The van der Waals surface area contributed by atoms with Gasteiger partial charge in [0.15, 0.2) is 0 Å². The van der Waals surface area contributed by atoms with Crippen LogP contribution in [0.2, 0.25) is 5.02 Å². The number of nitrogens with one attached hydrogen (secondary N) is 1. The van der Waals surface area contributed by atoms with Crippen molar-refractivity contribution in [2.24, 2.45) is 0 Å². The van der Waals surface area contributed by atoms with E-state index in [-0.39, 0.29) is 11.9 Å². The molecule has 0 heterocycles. The summed E-state index contributed by atoms with van der Waals surface area (Å²) in [5, 5.41) is 3.60. The van der Waals surface area contributed by atoms with Gasteiger partial charge in [-0.3, -0.25) is 4.79 Å². The highest BCUT2D eigenvalue weighted by molar-refractivity contribution is 9.10. The van der Waals surface area contributed by atoms with Crippen LogP contribution in [0.3, 0.4) is 0 Å². The first kappa shape index (κ1) is 14.4. The van der Waals surface area contributed by atoms with Crippen molar-refractivity contribution in [2.45, 2.75) is 18.9 Å². The molecule has 3 nitrogen and oxygen atoms in total. The second-order valence-electron chi connectivity index (χ2n) is 5.18. The average Bonchev–Trinajstić information content (AvgIpc) is 2.80. The molecule has 1 atom stereocenters. The Morgan fingerprint density at radius 3 is 2.86 bits per heavy atom. The zero-order valence-corrected chi connectivity index (χ0v) is 13.5. The third-order valence-corrected chi connectivity index (χ3v) is 4.35. The van der Waals surface area contributed by atoms with Crippen molar-refractivity contribution in [2.75, 3.05) is 5.73 Å². The number of hydrogen-bond donors (Lipinski definition) is 2. The molecule has 5 heteroatoms. The average molecular weight is 366 g/mol. The molecule has 1 aliphatic rings. The molecule has 3 rings (SSSR count). The maximum absolute atomic E-state index is 12.4. The van der Waals surface area contributed by atoms with Crippen molar-refractivity contribution in [3.8, 4) is 0 Å². The van der Waals surface area contributed by atoms with Crippen LogP contribution in [-0.2, 0) is 6.42 Å². The van der Waals surface area contributed by atoms with E-state index < -0.39 is 0 Å². The predicted molar refractivity (Wildman–Crippen MR) is 88.5 cm³/mol. The minimum absolute atomic E-state index is 0.0332. The molecule has 0 radical (unpaired) electrons.